The molecule has 0 fully saturated rings. The van der Waals surface area contributed by atoms with Crippen LogP contribution < -0.4 is 10.5 Å². The fraction of sp³-hybridized carbons (Fsp3) is 0.0357. The molecule has 4 aromatic rings. The number of nitriles is 1. The average molecular weight is 525 g/mol. The van der Waals surface area contributed by atoms with E-state index in [1.54, 1.807) is 48.2 Å². The van der Waals surface area contributed by atoms with Gasteiger partial charge in [0.15, 0.2) is 0 Å². The lowest BCUT2D eigenvalue weighted by atomic mass is 10.0. The minimum atomic E-state index is -3.77. The number of amides is 1. The average Bonchev–Trinajstić information content (AvgIpc) is 3.08. The predicted molar refractivity (Wildman–Crippen MR) is 142 cm³/mol. The van der Waals surface area contributed by atoms with Gasteiger partial charge in [-0.2, -0.15) is 5.26 Å². The predicted octanol–water partition coefficient (Wildman–Crippen LogP) is 4.77. The molecule has 37 heavy (non-hydrogen) atoms. The highest BCUT2D eigenvalue weighted by atomic mass is 32.2. The summed E-state index contributed by atoms with van der Waals surface area (Å²) in [4.78, 5) is 19.9. The van der Waals surface area contributed by atoms with E-state index >= 15 is 0 Å². The van der Waals surface area contributed by atoms with Crippen molar-refractivity contribution >= 4 is 39.1 Å². The summed E-state index contributed by atoms with van der Waals surface area (Å²) >= 11 is 1.59. The van der Waals surface area contributed by atoms with Gasteiger partial charge >= 0.3 is 0 Å². The molecule has 0 aliphatic carbocycles. The molecule has 4 aromatic carbocycles. The van der Waals surface area contributed by atoms with Crippen LogP contribution in [0.5, 0.6) is 0 Å². The first-order chi connectivity index (χ1) is 17.8. The second-order valence-electron chi connectivity index (χ2n) is 8.30. The molecule has 1 aliphatic heterocycles. The maximum absolute atomic E-state index is 12.9. The van der Waals surface area contributed by atoms with E-state index in [1.165, 1.54) is 12.1 Å². The Balaban J connectivity index is 1.44. The highest BCUT2D eigenvalue weighted by Gasteiger charge is 2.20. The summed E-state index contributed by atoms with van der Waals surface area (Å²) in [6.45, 7) is 0.223. The molecule has 0 aromatic heterocycles. The molecule has 3 N–H and O–H groups in total. The molecule has 1 amide bonds. The number of benzene rings is 4. The van der Waals surface area contributed by atoms with E-state index in [2.05, 4.69) is 11.4 Å². The number of hydrogen-bond donors (Lipinski definition) is 2. The lowest BCUT2D eigenvalue weighted by Crippen LogP contribution is -2.22. The van der Waals surface area contributed by atoms with E-state index < -0.39 is 10.0 Å². The molecular formula is C28H20N4O3S2. The topological polar surface area (TPSA) is 125 Å². The number of hydrogen-bond acceptors (Lipinski definition) is 6. The third-order valence-corrected chi connectivity index (χ3v) is 7.88. The van der Waals surface area contributed by atoms with Crippen LogP contribution in [0.1, 0.15) is 32.6 Å². The van der Waals surface area contributed by atoms with Crippen LogP contribution in [-0.4, -0.2) is 20.0 Å². The Bertz CT molecular complexity index is 1690. The number of carbonyl (C=O) groups is 1. The van der Waals surface area contributed by atoms with E-state index in [4.69, 9.17) is 15.4 Å². The van der Waals surface area contributed by atoms with Crippen LogP contribution in [0, 0.1) is 11.3 Å². The Kier molecular flexibility index (Phi) is 6.63. The first-order valence-electron chi connectivity index (χ1n) is 11.2. The third-order valence-electron chi connectivity index (χ3n) is 5.81. The SMILES string of the molecule is N#Cc1ccc(C2=Nc3cc(C(=O)NCc4ccc(S(N)(=O)=O)cc4)ccc3Sc3ccccc32)cc1. The van der Waals surface area contributed by atoms with Gasteiger partial charge in [-0.1, -0.05) is 54.2 Å². The molecular weight excluding hydrogens is 504 g/mol. The number of aliphatic imine (C=N–C) groups is 1. The molecule has 182 valence electrons. The summed E-state index contributed by atoms with van der Waals surface area (Å²) in [5.74, 6) is -0.278. The second kappa shape index (κ2) is 10.0. The van der Waals surface area contributed by atoms with Crippen molar-refractivity contribution in [1.29, 1.82) is 5.26 Å². The van der Waals surface area contributed by atoms with Gasteiger partial charge in [-0.3, -0.25) is 4.79 Å². The maximum atomic E-state index is 12.9. The summed E-state index contributed by atoms with van der Waals surface area (Å²) in [5, 5.41) is 17.2. The number of rotatable bonds is 5. The van der Waals surface area contributed by atoms with Crippen molar-refractivity contribution in [2.24, 2.45) is 10.1 Å². The minimum Gasteiger partial charge on any atom is -0.348 e. The van der Waals surface area contributed by atoms with Crippen molar-refractivity contribution in [3.05, 3.63) is 119 Å². The normalized spacial score (nSPS) is 12.4. The molecule has 0 radical (unpaired) electrons. The highest BCUT2D eigenvalue weighted by Crippen LogP contribution is 2.41. The Hall–Kier alpha value is -4.23. The summed E-state index contributed by atoms with van der Waals surface area (Å²) in [6, 6.07) is 28.9. The van der Waals surface area contributed by atoms with Crippen molar-refractivity contribution in [1.82, 2.24) is 5.32 Å². The van der Waals surface area contributed by atoms with Gasteiger partial charge in [0.05, 0.1) is 27.9 Å². The molecule has 0 saturated carbocycles. The van der Waals surface area contributed by atoms with Gasteiger partial charge < -0.3 is 5.32 Å². The second-order valence-corrected chi connectivity index (χ2v) is 10.9. The Labute approximate surface area is 218 Å². The molecule has 0 atom stereocenters. The quantitative estimate of drug-likeness (QED) is 0.343. The molecule has 7 nitrogen and oxygen atoms in total. The Morgan fingerprint density at radius 3 is 2.38 bits per heavy atom. The van der Waals surface area contributed by atoms with Gasteiger partial charge in [0.1, 0.15) is 0 Å². The molecule has 5 rings (SSSR count). The van der Waals surface area contributed by atoms with Crippen molar-refractivity contribution < 1.29 is 13.2 Å². The lowest BCUT2D eigenvalue weighted by molar-refractivity contribution is 0.0951. The Morgan fingerprint density at radius 1 is 0.946 bits per heavy atom. The first-order valence-corrected chi connectivity index (χ1v) is 13.6. The van der Waals surface area contributed by atoms with Crippen molar-refractivity contribution in [2.45, 2.75) is 21.2 Å². The fourth-order valence-electron chi connectivity index (χ4n) is 3.89. The molecule has 1 aliphatic rings. The van der Waals surface area contributed by atoms with Crippen LogP contribution in [0.2, 0.25) is 0 Å². The zero-order valence-corrected chi connectivity index (χ0v) is 21.0. The number of fused-ring (bicyclic) bond motifs is 2. The van der Waals surface area contributed by atoms with Crippen LogP contribution in [0.25, 0.3) is 0 Å². The number of primary sulfonamides is 1. The van der Waals surface area contributed by atoms with Gasteiger partial charge in [0.2, 0.25) is 10.0 Å². The minimum absolute atomic E-state index is 0.0164. The Morgan fingerprint density at radius 2 is 1.68 bits per heavy atom. The molecule has 0 unspecified atom stereocenters. The number of carbonyl (C=O) groups excluding carboxylic acids is 1. The van der Waals surface area contributed by atoms with E-state index in [9.17, 15) is 13.2 Å². The number of sulfonamides is 1. The molecule has 0 bridgehead atoms. The van der Waals surface area contributed by atoms with Crippen LogP contribution in [0.15, 0.2) is 111 Å². The van der Waals surface area contributed by atoms with Crippen LogP contribution in [0.3, 0.4) is 0 Å². The molecule has 1 heterocycles. The third kappa shape index (κ3) is 5.32. The monoisotopic (exact) mass is 524 g/mol. The van der Waals surface area contributed by atoms with Gasteiger partial charge in [-0.15, -0.1) is 0 Å². The zero-order chi connectivity index (χ0) is 26.0. The van der Waals surface area contributed by atoms with Crippen molar-refractivity contribution in [3.63, 3.8) is 0 Å². The van der Waals surface area contributed by atoms with Crippen LogP contribution in [0.4, 0.5) is 5.69 Å². The van der Waals surface area contributed by atoms with Crippen molar-refractivity contribution in [2.75, 3.05) is 0 Å². The summed E-state index contributed by atoms with van der Waals surface area (Å²) in [5.41, 5.74) is 5.04. The summed E-state index contributed by atoms with van der Waals surface area (Å²) < 4.78 is 22.9. The molecule has 0 spiro atoms. The highest BCUT2D eigenvalue weighted by molar-refractivity contribution is 7.99. The molecule has 9 heteroatoms. The number of nitrogens with one attached hydrogen (secondary N) is 1. The van der Waals surface area contributed by atoms with Gasteiger partial charge in [0, 0.05) is 33.0 Å². The fourth-order valence-corrected chi connectivity index (χ4v) is 5.41. The van der Waals surface area contributed by atoms with Crippen molar-refractivity contribution in [3.8, 4) is 6.07 Å². The number of nitrogens with two attached hydrogens (primary N) is 1. The van der Waals surface area contributed by atoms with E-state index in [1.807, 2.05) is 42.5 Å². The van der Waals surface area contributed by atoms with E-state index in [0.29, 0.717) is 16.8 Å². The largest absolute Gasteiger partial charge is 0.348 e. The van der Waals surface area contributed by atoms with Gasteiger partial charge in [0.25, 0.3) is 5.91 Å². The summed E-state index contributed by atoms with van der Waals surface area (Å²) in [6.07, 6.45) is 0. The summed E-state index contributed by atoms with van der Waals surface area (Å²) in [7, 11) is -3.77. The number of nitrogens with zero attached hydrogens (tertiary/aromatic N) is 2. The van der Waals surface area contributed by atoms with E-state index in [0.717, 1.165) is 32.2 Å². The van der Waals surface area contributed by atoms with E-state index in [-0.39, 0.29) is 17.3 Å². The lowest BCUT2D eigenvalue weighted by Gasteiger charge is -2.09. The standard InChI is InChI=1S/C28H20N4O3S2/c29-16-18-5-9-20(10-6-18)27-23-3-1-2-4-25(23)36-26-14-11-21(15-24(26)32-27)28(33)31-17-19-7-12-22(13-8-19)37(30,34)35/h1-15H,17H2,(H,31,33)(H2,30,34,35). The van der Waals surface area contributed by atoms with Gasteiger partial charge in [-0.05, 0) is 54.1 Å². The maximum Gasteiger partial charge on any atom is 0.251 e. The van der Waals surface area contributed by atoms with Gasteiger partial charge in [-0.25, -0.2) is 18.5 Å². The molecule has 0 saturated heterocycles. The van der Waals surface area contributed by atoms with Crippen LogP contribution in [-0.2, 0) is 16.6 Å². The first kappa shape index (κ1) is 24.5. The zero-order valence-electron chi connectivity index (χ0n) is 19.4. The van der Waals surface area contributed by atoms with Crippen LogP contribution >= 0.6 is 11.8 Å². The smallest absolute Gasteiger partial charge is 0.251 e.